The highest BCUT2D eigenvalue weighted by Crippen LogP contribution is 2.32. The topological polar surface area (TPSA) is 76.0 Å². The van der Waals surface area contributed by atoms with E-state index in [1.165, 1.54) is 12.1 Å². The average molecular weight is 270 g/mol. The van der Waals surface area contributed by atoms with Gasteiger partial charge >= 0.3 is 14.7 Å². The Labute approximate surface area is 106 Å². The van der Waals surface area contributed by atoms with Gasteiger partial charge in [0.05, 0.1) is 17.0 Å². The predicted molar refractivity (Wildman–Crippen MR) is 69.2 cm³/mol. The van der Waals surface area contributed by atoms with Crippen LogP contribution < -0.4 is 10.8 Å². The van der Waals surface area contributed by atoms with Gasteiger partial charge in [-0.1, -0.05) is 12.1 Å². The Balaban J connectivity index is 2.20. The second-order valence-corrected chi connectivity index (χ2v) is 6.57. The van der Waals surface area contributed by atoms with Crippen LogP contribution in [0.25, 0.3) is 0 Å². The van der Waals surface area contributed by atoms with E-state index < -0.39 is 14.7 Å². The lowest BCUT2D eigenvalue weighted by molar-refractivity contribution is 0.0842. The van der Waals surface area contributed by atoms with Crippen LogP contribution in [0.4, 0.5) is 0 Å². The molecule has 18 heavy (non-hydrogen) atoms. The zero-order valence-corrected chi connectivity index (χ0v) is 11.4. The van der Waals surface area contributed by atoms with E-state index in [-0.39, 0.29) is 17.0 Å². The molecule has 1 aliphatic rings. The van der Waals surface area contributed by atoms with Crippen LogP contribution in [-0.2, 0) is 13.9 Å². The number of hydrogen-bond acceptors (Lipinski definition) is 3. The molecule has 2 rings (SSSR count). The van der Waals surface area contributed by atoms with Crippen LogP contribution in [0.15, 0.2) is 24.3 Å². The SMILES string of the molecule is CC1OB(c2ccc(P(=O)(O)O)cc2)OC1(C)C. The first kappa shape index (κ1) is 13.8. The van der Waals surface area contributed by atoms with Crippen LogP contribution in [0.1, 0.15) is 20.8 Å². The highest BCUT2D eigenvalue weighted by molar-refractivity contribution is 7.60. The molecule has 0 spiro atoms. The summed E-state index contributed by atoms with van der Waals surface area (Å²) >= 11 is 0. The van der Waals surface area contributed by atoms with Crippen molar-refractivity contribution in [3.05, 3.63) is 24.3 Å². The second-order valence-electron chi connectivity index (χ2n) is 4.97. The van der Waals surface area contributed by atoms with Gasteiger partial charge in [0.1, 0.15) is 0 Å². The van der Waals surface area contributed by atoms with Crippen molar-refractivity contribution < 1.29 is 23.7 Å². The number of rotatable bonds is 2. The fraction of sp³-hybridized carbons (Fsp3) is 0.455. The summed E-state index contributed by atoms with van der Waals surface area (Å²) in [4.78, 5) is 18.0. The lowest BCUT2D eigenvalue weighted by atomic mass is 9.79. The Bertz CT molecular complexity index is 481. The lowest BCUT2D eigenvalue weighted by Crippen LogP contribution is -2.35. The Morgan fingerprint density at radius 1 is 1.28 bits per heavy atom. The quantitative estimate of drug-likeness (QED) is 0.601. The van der Waals surface area contributed by atoms with Crippen molar-refractivity contribution in [3.63, 3.8) is 0 Å². The van der Waals surface area contributed by atoms with Crippen molar-refractivity contribution >= 4 is 25.5 Å². The number of benzene rings is 1. The van der Waals surface area contributed by atoms with Gasteiger partial charge < -0.3 is 19.1 Å². The molecule has 0 radical (unpaired) electrons. The summed E-state index contributed by atoms with van der Waals surface area (Å²) in [5, 5.41) is -0.00319. The maximum atomic E-state index is 11.1. The van der Waals surface area contributed by atoms with Crippen molar-refractivity contribution in [2.75, 3.05) is 0 Å². The van der Waals surface area contributed by atoms with Gasteiger partial charge in [0.15, 0.2) is 0 Å². The van der Waals surface area contributed by atoms with E-state index in [0.29, 0.717) is 0 Å². The van der Waals surface area contributed by atoms with Gasteiger partial charge in [-0.3, -0.25) is 4.57 Å². The maximum Gasteiger partial charge on any atom is 0.494 e. The van der Waals surface area contributed by atoms with Crippen molar-refractivity contribution in [1.29, 1.82) is 0 Å². The molecular formula is C11H16BO5P. The predicted octanol–water partition coefficient (Wildman–Crippen LogP) is 0.399. The first-order chi connectivity index (χ1) is 8.20. The summed E-state index contributed by atoms with van der Waals surface area (Å²) < 4.78 is 22.5. The molecule has 1 aromatic carbocycles. The fourth-order valence-electron chi connectivity index (χ4n) is 1.72. The van der Waals surface area contributed by atoms with Crippen LogP contribution in [0.3, 0.4) is 0 Å². The van der Waals surface area contributed by atoms with Gasteiger partial charge in [-0.2, -0.15) is 0 Å². The first-order valence-corrected chi connectivity index (χ1v) is 7.31. The van der Waals surface area contributed by atoms with Crippen LogP contribution in [0.2, 0.25) is 0 Å². The summed E-state index contributed by atoms with van der Waals surface area (Å²) in [5.41, 5.74) is 0.386. The molecule has 0 amide bonds. The largest absolute Gasteiger partial charge is 0.494 e. The fourth-order valence-corrected chi connectivity index (χ4v) is 2.26. The molecular weight excluding hydrogens is 254 g/mol. The van der Waals surface area contributed by atoms with E-state index in [2.05, 4.69) is 0 Å². The maximum absolute atomic E-state index is 11.1. The normalized spacial score (nSPS) is 23.4. The molecule has 1 aromatic rings. The minimum Gasteiger partial charge on any atom is -0.402 e. The molecule has 1 atom stereocenters. The standard InChI is InChI=1S/C11H16BO5P/c1-8-11(2,3)17-12(16-8)9-4-6-10(7-5-9)18(13,14)15/h4-8H,1-3H3,(H2,13,14,15). The number of hydrogen-bond donors (Lipinski definition) is 2. The van der Waals surface area contributed by atoms with Crippen LogP contribution >= 0.6 is 7.60 Å². The summed E-state index contributed by atoms with van der Waals surface area (Å²) in [6.07, 6.45) is -0.0380. The van der Waals surface area contributed by atoms with Crippen LogP contribution in [-0.4, -0.2) is 28.6 Å². The molecule has 0 bridgehead atoms. The van der Waals surface area contributed by atoms with Gasteiger partial charge in [0.25, 0.3) is 0 Å². The lowest BCUT2D eigenvalue weighted by Gasteiger charge is -2.21. The molecule has 5 nitrogen and oxygen atoms in total. The zero-order valence-electron chi connectivity index (χ0n) is 10.5. The molecule has 1 unspecified atom stereocenters. The monoisotopic (exact) mass is 270 g/mol. The van der Waals surface area contributed by atoms with Crippen molar-refractivity contribution in [2.45, 2.75) is 32.5 Å². The molecule has 0 saturated carbocycles. The molecule has 1 saturated heterocycles. The van der Waals surface area contributed by atoms with E-state index >= 15 is 0 Å². The Hall–Kier alpha value is -0.645. The summed E-state index contributed by atoms with van der Waals surface area (Å²) in [7, 11) is -4.67. The molecule has 0 aliphatic carbocycles. The minimum atomic E-state index is -4.19. The second kappa shape index (κ2) is 4.47. The van der Waals surface area contributed by atoms with Gasteiger partial charge in [-0.25, -0.2) is 0 Å². The Morgan fingerprint density at radius 2 is 1.83 bits per heavy atom. The van der Waals surface area contributed by atoms with Gasteiger partial charge in [0.2, 0.25) is 0 Å². The minimum absolute atomic E-state index is 0.00319. The molecule has 1 aliphatic heterocycles. The first-order valence-electron chi connectivity index (χ1n) is 5.69. The van der Waals surface area contributed by atoms with Crippen molar-refractivity contribution in [1.82, 2.24) is 0 Å². The van der Waals surface area contributed by atoms with E-state index in [1.54, 1.807) is 12.1 Å². The summed E-state index contributed by atoms with van der Waals surface area (Å²) in [6.45, 7) is 5.83. The Morgan fingerprint density at radius 3 is 2.22 bits per heavy atom. The summed E-state index contributed by atoms with van der Waals surface area (Å²) in [5.74, 6) is 0. The van der Waals surface area contributed by atoms with Gasteiger partial charge in [-0.05, 0) is 38.4 Å². The van der Waals surface area contributed by atoms with Crippen molar-refractivity contribution in [2.24, 2.45) is 0 Å². The highest BCUT2D eigenvalue weighted by atomic mass is 31.2. The zero-order chi connectivity index (χ0) is 13.6. The van der Waals surface area contributed by atoms with Crippen molar-refractivity contribution in [3.8, 4) is 0 Å². The molecule has 0 aromatic heterocycles. The molecule has 1 fully saturated rings. The molecule has 2 N–H and O–H groups in total. The average Bonchev–Trinajstić information content (AvgIpc) is 2.53. The molecule has 7 heteroatoms. The third kappa shape index (κ3) is 2.68. The van der Waals surface area contributed by atoms with Gasteiger partial charge in [-0.15, -0.1) is 0 Å². The Kier molecular flexibility index (Phi) is 3.43. The van der Waals surface area contributed by atoms with Gasteiger partial charge in [0, 0.05) is 0 Å². The molecule has 98 valence electrons. The van der Waals surface area contributed by atoms with Crippen LogP contribution in [0, 0.1) is 0 Å². The third-order valence-corrected chi connectivity index (χ3v) is 4.19. The highest BCUT2D eigenvalue weighted by Gasteiger charge is 2.43. The van der Waals surface area contributed by atoms with Crippen LogP contribution in [0.5, 0.6) is 0 Å². The smallest absolute Gasteiger partial charge is 0.402 e. The molecule has 1 heterocycles. The van der Waals surface area contributed by atoms with E-state index in [0.717, 1.165) is 5.46 Å². The third-order valence-electron chi connectivity index (χ3n) is 3.22. The van der Waals surface area contributed by atoms with E-state index in [4.69, 9.17) is 19.1 Å². The van der Waals surface area contributed by atoms with E-state index in [1.807, 2.05) is 20.8 Å². The summed E-state index contributed by atoms with van der Waals surface area (Å²) in [6, 6.07) is 6.04. The van der Waals surface area contributed by atoms with E-state index in [9.17, 15) is 4.57 Å².